The average molecular weight is 369 g/mol. The first-order chi connectivity index (χ1) is 12.2. The number of thioether (sulfide) groups is 1. The number of nitrogens with zero attached hydrogens (tertiary/aromatic N) is 2. The molecule has 0 saturated carbocycles. The van der Waals surface area contributed by atoms with E-state index in [2.05, 4.69) is 15.5 Å². The molecule has 0 aliphatic heterocycles. The highest BCUT2D eigenvalue weighted by molar-refractivity contribution is 8.01. The Morgan fingerprint density at radius 1 is 1.24 bits per heavy atom. The van der Waals surface area contributed by atoms with Crippen LogP contribution >= 0.6 is 23.1 Å². The Kier molecular flexibility index (Phi) is 5.81. The first-order valence-electron chi connectivity index (χ1n) is 7.45. The van der Waals surface area contributed by atoms with Crippen molar-refractivity contribution < 1.29 is 9.90 Å². The summed E-state index contributed by atoms with van der Waals surface area (Å²) in [6.07, 6.45) is 1.49. The normalized spacial score (nSPS) is 10.9. The van der Waals surface area contributed by atoms with Crippen molar-refractivity contribution in [3.8, 4) is 17.0 Å². The summed E-state index contributed by atoms with van der Waals surface area (Å²) < 4.78 is 0.839. The van der Waals surface area contributed by atoms with E-state index in [1.54, 1.807) is 24.3 Å². The average Bonchev–Trinajstić information content (AvgIpc) is 3.10. The Balaban J connectivity index is 1.49. The Hall–Kier alpha value is -2.64. The Labute approximate surface area is 153 Å². The molecule has 0 unspecified atom stereocenters. The van der Waals surface area contributed by atoms with Gasteiger partial charge in [0.05, 0.1) is 17.7 Å². The van der Waals surface area contributed by atoms with Gasteiger partial charge in [-0.25, -0.2) is 10.4 Å². The van der Waals surface area contributed by atoms with Gasteiger partial charge in [0.15, 0.2) is 4.34 Å². The van der Waals surface area contributed by atoms with Gasteiger partial charge in [0.2, 0.25) is 0 Å². The molecule has 1 aromatic heterocycles. The van der Waals surface area contributed by atoms with Crippen LogP contribution in [0.5, 0.6) is 5.75 Å². The first kappa shape index (κ1) is 17.2. The van der Waals surface area contributed by atoms with E-state index in [-0.39, 0.29) is 17.4 Å². The zero-order valence-corrected chi connectivity index (χ0v) is 14.8. The monoisotopic (exact) mass is 369 g/mol. The minimum atomic E-state index is -0.210. The van der Waals surface area contributed by atoms with Gasteiger partial charge in [-0.2, -0.15) is 5.10 Å². The molecule has 3 rings (SSSR count). The first-order valence-corrected chi connectivity index (χ1v) is 9.32. The molecule has 0 aliphatic rings. The van der Waals surface area contributed by atoms with Crippen molar-refractivity contribution in [2.24, 2.45) is 5.10 Å². The number of benzene rings is 2. The number of phenols is 1. The molecule has 0 spiro atoms. The summed E-state index contributed by atoms with van der Waals surface area (Å²) in [4.78, 5) is 16.4. The summed E-state index contributed by atoms with van der Waals surface area (Å²) in [5.74, 6) is 0.181. The maximum Gasteiger partial charge on any atom is 0.250 e. The smallest absolute Gasteiger partial charge is 0.250 e. The predicted molar refractivity (Wildman–Crippen MR) is 102 cm³/mol. The standard InChI is InChI=1S/C18H15N3O2S2/c22-15-8-4-5-13(9-15)10-19-21-17(23)12-25-18-20-16(11-24-18)14-6-2-1-3-7-14/h1-11,22H,12H2,(H,21,23)/b19-10+. The fourth-order valence-corrected chi connectivity index (χ4v) is 3.64. The number of hydrogen-bond donors (Lipinski definition) is 2. The van der Waals surface area contributed by atoms with E-state index >= 15 is 0 Å². The lowest BCUT2D eigenvalue weighted by Crippen LogP contribution is -2.19. The summed E-state index contributed by atoms with van der Waals surface area (Å²) in [5.41, 5.74) is 5.15. The molecule has 25 heavy (non-hydrogen) atoms. The zero-order chi connectivity index (χ0) is 17.5. The van der Waals surface area contributed by atoms with Crippen molar-refractivity contribution in [1.29, 1.82) is 0 Å². The maximum absolute atomic E-state index is 11.8. The third-order valence-corrected chi connectivity index (χ3v) is 5.17. The molecule has 7 heteroatoms. The highest BCUT2D eigenvalue weighted by atomic mass is 32.2. The van der Waals surface area contributed by atoms with Gasteiger partial charge in [0.1, 0.15) is 5.75 Å². The third kappa shape index (κ3) is 5.17. The fourth-order valence-electron chi connectivity index (χ4n) is 2.01. The Morgan fingerprint density at radius 2 is 2.08 bits per heavy atom. The number of phenolic OH excluding ortho intramolecular Hbond substituents is 1. The number of aromatic hydroxyl groups is 1. The van der Waals surface area contributed by atoms with Crippen LogP contribution in [0.4, 0.5) is 0 Å². The molecule has 5 nitrogen and oxygen atoms in total. The second-order valence-corrected chi connectivity index (χ2v) is 7.12. The van der Waals surface area contributed by atoms with Crippen molar-refractivity contribution in [2.45, 2.75) is 4.34 Å². The molecule has 0 saturated heterocycles. The van der Waals surface area contributed by atoms with Crippen molar-refractivity contribution in [1.82, 2.24) is 10.4 Å². The topological polar surface area (TPSA) is 74.6 Å². The minimum Gasteiger partial charge on any atom is -0.508 e. The molecule has 0 radical (unpaired) electrons. The largest absolute Gasteiger partial charge is 0.508 e. The molecule has 0 aliphatic carbocycles. The number of hydrogen-bond acceptors (Lipinski definition) is 6. The van der Waals surface area contributed by atoms with Gasteiger partial charge in [-0.3, -0.25) is 4.79 Å². The van der Waals surface area contributed by atoms with Gasteiger partial charge in [-0.15, -0.1) is 11.3 Å². The lowest BCUT2D eigenvalue weighted by molar-refractivity contribution is -0.118. The van der Waals surface area contributed by atoms with Crippen LogP contribution in [0.15, 0.2) is 69.4 Å². The minimum absolute atomic E-state index is 0.156. The van der Waals surface area contributed by atoms with E-state index in [1.165, 1.54) is 29.3 Å². The molecule has 0 fully saturated rings. The lowest BCUT2D eigenvalue weighted by atomic mass is 10.2. The third-order valence-electron chi connectivity index (χ3n) is 3.15. The quantitative estimate of drug-likeness (QED) is 0.394. The van der Waals surface area contributed by atoms with Gasteiger partial charge < -0.3 is 5.11 Å². The summed E-state index contributed by atoms with van der Waals surface area (Å²) >= 11 is 2.89. The van der Waals surface area contributed by atoms with Crippen LogP contribution in [0.1, 0.15) is 5.56 Å². The van der Waals surface area contributed by atoms with Crippen molar-refractivity contribution in [2.75, 3.05) is 5.75 Å². The van der Waals surface area contributed by atoms with Crippen LogP contribution in [0.2, 0.25) is 0 Å². The molecule has 2 N–H and O–H groups in total. The Bertz CT molecular complexity index is 879. The van der Waals surface area contributed by atoms with E-state index in [4.69, 9.17) is 0 Å². The number of rotatable bonds is 6. The molecule has 1 amide bonds. The SMILES string of the molecule is O=C(CSc1nc(-c2ccccc2)cs1)N/N=C/c1cccc(O)c1. The van der Waals surface area contributed by atoms with Gasteiger partial charge in [0.25, 0.3) is 5.91 Å². The number of carbonyl (C=O) groups is 1. The summed E-state index contributed by atoms with van der Waals surface area (Å²) in [6.45, 7) is 0. The second-order valence-electron chi connectivity index (χ2n) is 5.04. The molecule has 0 bridgehead atoms. The van der Waals surface area contributed by atoms with E-state index in [0.717, 1.165) is 15.6 Å². The highest BCUT2D eigenvalue weighted by Crippen LogP contribution is 2.27. The molecular weight excluding hydrogens is 354 g/mol. The zero-order valence-electron chi connectivity index (χ0n) is 13.1. The molecule has 3 aromatic rings. The van der Waals surface area contributed by atoms with Gasteiger partial charge >= 0.3 is 0 Å². The van der Waals surface area contributed by atoms with E-state index in [9.17, 15) is 9.90 Å². The van der Waals surface area contributed by atoms with Crippen LogP contribution < -0.4 is 5.43 Å². The van der Waals surface area contributed by atoms with Crippen LogP contribution in [-0.4, -0.2) is 28.0 Å². The number of amides is 1. The molecule has 0 atom stereocenters. The second kappa shape index (κ2) is 8.46. The van der Waals surface area contributed by atoms with E-state index in [1.807, 2.05) is 35.7 Å². The van der Waals surface area contributed by atoms with Crippen LogP contribution in [0.3, 0.4) is 0 Å². The number of hydrazone groups is 1. The molecule has 126 valence electrons. The summed E-state index contributed by atoms with van der Waals surface area (Å²) in [6, 6.07) is 16.5. The lowest BCUT2D eigenvalue weighted by Gasteiger charge is -1.98. The molecule has 1 heterocycles. The van der Waals surface area contributed by atoms with Crippen LogP contribution in [-0.2, 0) is 4.79 Å². The van der Waals surface area contributed by atoms with Gasteiger partial charge in [0, 0.05) is 10.9 Å². The Morgan fingerprint density at radius 3 is 2.88 bits per heavy atom. The number of nitrogens with one attached hydrogen (secondary N) is 1. The predicted octanol–water partition coefficient (Wildman–Crippen LogP) is 3.76. The number of carbonyl (C=O) groups excluding carboxylic acids is 1. The van der Waals surface area contributed by atoms with Gasteiger partial charge in [-0.05, 0) is 17.7 Å². The highest BCUT2D eigenvalue weighted by Gasteiger charge is 2.07. The van der Waals surface area contributed by atoms with Crippen molar-refractivity contribution >= 4 is 35.2 Å². The number of aromatic nitrogens is 1. The summed E-state index contributed by atoms with van der Waals surface area (Å²) in [5, 5.41) is 15.2. The van der Waals surface area contributed by atoms with Crippen molar-refractivity contribution in [3.63, 3.8) is 0 Å². The van der Waals surface area contributed by atoms with Crippen LogP contribution in [0.25, 0.3) is 11.3 Å². The molecule has 2 aromatic carbocycles. The van der Waals surface area contributed by atoms with Crippen molar-refractivity contribution in [3.05, 3.63) is 65.5 Å². The summed E-state index contributed by atoms with van der Waals surface area (Å²) in [7, 11) is 0. The van der Waals surface area contributed by atoms with Gasteiger partial charge in [-0.1, -0.05) is 54.2 Å². The number of thiazole rings is 1. The molecular formula is C18H15N3O2S2. The maximum atomic E-state index is 11.8. The van der Waals surface area contributed by atoms with E-state index < -0.39 is 0 Å². The van der Waals surface area contributed by atoms with E-state index in [0.29, 0.717) is 5.56 Å². The van der Waals surface area contributed by atoms with Crippen LogP contribution in [0, 0.1) is 0 Å². The fraction of sp³-hybridized carbons (Fsp3) is 0.0556.